The third-order valence-corrected chi connectivity index (χ3v) is 28.6. The average molecular weight is 1850 g/mol. The number of nitrogens with zero attached hydrogens (tertiary/aromatic N) is 11. The van der Waals surface area contributed by atoms with Crippen LogP contribution in [0.3, 0.4) is 0 Å². The number of benzene rings is 6. The molecule has 620 valence electrons. The number of hydrogen-bond donors (Lipinski definition) is 4. The fraction of sp³-hybridized carbons (Fsp3) is 0.308. The molecule has 3 atom stereocenters. The van der Waals surface area contributed by atoms with Gasteiger partial charge in [-0.05, 0) is 186 Å². The largest absolute Gasteiger partial charge is 0.368 e. The number of carbonyl (C=O) groups excluding carboxylic acids is 3. The van der Waals surface area contributed by atoms with Crippen molar-refractivity contribution in [3.8, 4) is 51.2 Å². The molecular weight excluding hydrogens is 1780 g/mol. The summed E-state index contributed by atoms with van der Waals surface area (Å²) < 4.78 is 79.7. The van der Waals surface area contributed by atoms with E-state index >= 15 is 0 Å². The number of carbonyl (C=O) groups is 3. The van der Waals surface area contributed by atoms with Crippen LogP contribution < -0.4 is 50.9 Å². The Morgan fingerprint density at radius 1 is 0.415 bits per heavy atom. The highest BCUT2D eigenvalue weighted by Crippen LogP contribution is 2.37. The molecule has 6 aromatic heterocycles. The Morgan fingerprint density at radius 2 is 0.695 bits per heavy atom. The van der Waals surface area contributed by atoms with Crippen molar-refractivity contribution in [3.63, 3.8) is 0 Å². The van der Waals surface area contributed by atoms with Crippen molar-refractivity contribution in [3.05, 3.63) is 238 Å². The van der Waals surface area contributed by atoms with Gasteiger partial charge >= 0.3 is 17.1 Å². The van der Waals surface area contributed by atoms with Crippen LogP contribution in [0.25, 0.3) is 84.7 Å². The molecule has 3 aliphatic heterocycles. The number of aromatic nitrogens is 12. The maximum absolute atomic E-state index is 14.0. The first-order valence-electron chi connectivity index (χ1n) is 36.8. The molecule has 0 spiro atoms. The first-order valence-corrected chi connectivity index (χ1v) is 45.7. The van der Waals surface area contributed by atoms with Crippen LogP contribution in [-0.4, -0.2) is 139 Å². The standard InChI is InChI=1S/2C26H25Cl2N5O5S.C20H15Cl2N5O3.C6H11BrO2S/c2*1-15(22(29)34)32-25(35)21-24(31(26(32)36)14-16-10-12-39(37,38)13-11-16)30-23(19-4-2-3-5-20(19)28)33(21)18-8-6-17(27)7-9-18;1-10(16(23)28)26-19(29)15-17(25-20(26)30)24-18(13-4-2-3-5-14(13)22)27(15)12-8-6-11(21)7-9-12;7-5-6-1-3-10(8,9)4-2-6/h2*2-9,15-16H,10-14H2,1H3,(H2,29,34);2-10H,1H3,(H2,23,28)(H,25,30);6H,1-5H2/t2*15-;;/m10../s1. The summed E-state index contributed by atoms with van der Waals surface area (Å²) >= 11 is 41.1. The molecule has 3 saturated heterocycles. The van der Waals surface area contributed by atoms with E-state index < -0.39 is 99.1 Å². The van der Waals surface area contributed by atoms with E-state index in [0.29, 0.717) is 124 Å². The lowest BCUT2D eigenvalue weighted by Gasteiger charge is -2.23. The number of primary amides is 3. The summed E-state index contributed by atoms with van der Waals surface area (Å²) in [6, 6.07) is 37.4. The van der Waals surface area contributed by atoms with Crippen LogP contribution in [0.4, 0.5) is 0 Å². The molecule has 15 rings (SSSR count). The zero-order valence-electron chi connectivity index (χ0n) is 63.1. The second-order valence-electron chi connectivity index (χ2n) is 28.6. The Labute approximate surface area is 711 Å². The third kappa shape index (κ3) is 18.6. The number of amides is 3. The van der Waals surface area contributed by atoms with Crippen LogP contribution in [0.5, 0.6) is 0 Å². The Morgan fingerprint density at radius 3 is 1.00 bits per heavy atom. The lowest BCUT2D eigenvalue weighted by atomic mass is 10.0. The zero-order valence-corrected chi connectivity index (χ0v) is 71.6. The van der Waals surface area contributed by atoms with E-state index in [1.807, 2.05) is 0 Å². The number of nitrogens with one attached hydrogen (secondary N) is 1. The number of imidazole rings is 3. The smallest absolute Gasteiger partial charge is 0.333 e. The highest BCUT2D eigenvalue weighted by molar-refractivity contribution is 9.09. The SMILES string of the molecule is CC(C(N)=O)n1c(=O)[nH]c2nc(-c3ccccc3Cl)n(-c3ccc(Cl)cc3)c2c1=O.C[C@@H](C(N)=O)n1c(=O)c2c(nc(-c3ccccc3Cl)n2-c2ccc(Cl)cc2)n(CC2CCS(=O)(=O)CC2)c1=O.C[C@H](C(N)=O)n1c(=O)c2c(nc(-c3ccccc3Cl)n2-c2ccc(Cl)cc2)n(CC2CCS(=O)(=O)CC2)c1=O.O=S1(=O)CCC(CBr)CC1. The van der Waals surface area contributed by atoms with E-state index in [1.165, 1.54) is 29.9 Å². The zero-order chi connectivity index (χ0) is 85.3. The fourth-order valence-corrected chi connectivity index (χ4v) is 20.5. The monoisotopic (exact) mass is 1850 g/mol. The highest BCUT2D eigenvalue weighted by atomic mass is 79.9. The van der Waals surface area contributed by atoms with E-state index in [0.717, 1.165) is 31.9 Å². The Bertz CT molecular complexity index is 6400. The lowest BCUT2D eigenvalue weighted by molar-refractivity contribution is -0.121. The molecule has 3 amide bonds. The van der Waals surface area contributed by atoms with Crippen molar-refractivity contribution in [2.45, 2.75) is 90.5 Å². The molecule has 7 N–H and O–H groups in total. The minimum absolute atomic E-state index is 0.0109. The van der Waals surface area contributed by atoms with Crippen LogP contribution in [0.2, 0.25) is 30.1 Å². The average Bonchev–Trinajstić information content (AvgIpc) is 1.62. The van der Waals surface area contributed by atoms with Gasteiger partial charge in [0.05, 0.1) is 49.6 Å². The molecule has 0 radical (unpaired) electrons. The predicted molar refractivity (Wildman–Crippen MR) is 461 cm³/mol. The number of rotatable bonds is 17. The van der Waals surface area contributed by atoms with Crippen LogP contribution in [0.1, 0.15) is 77.4 Å². The summed E-state index contributed by atoms with van der Waals surface area (Å²) in [4.78, 5) is 134. The van der Waals surface area contributed by atoms with E-state index in [1.54, 1.807) is 159 Å². The molecule has 9 heterocycles. The van der Waals surface area contributed by atoms with Crippen LogP contribution in [0, 0.1) is 17.8 Å². The van der Waals surface area contributed by atoms with Crippen molar-refractivity contribution in [1.29, 1.82) is 0 Å². The Balaban J connectivity index is 0.000000154. The second-order valence-corrected chi connectivity index (χ2v) is 38.7. The van der Waals surface area contributed by atoms with Gasteiger partial charge in [-0.3, -0.25) is 56.6 Å². The third-order valence-electron chi connectivity index (χ3n) is 20.8. The van der Waals surface area contributed by atoms with Crippen LogP contribution >= 0.6 is 85.5 Å². The number of H-pyrrole nitrogens is 1. The molecular formula is C78H76BrCl6N15O15S3. The summed E-state index contributed by atoms with van der Waals surface area (Å²) in [7, 11) is -8.91. The van der Waals surface area contributed by atoms with Crippen molar-refractivity contribution in [2.24, 2.45) is 35.0 Å². The summed E-state index contributed by atoms with van der Waals surface area (Å²) in [6.45, 7) is 4.36. The van der Waals surface area contributed by atoms with Gasteiger partial charge in [0.2, 0.25) is 17.7 Å². The highest BCUT2D eigenvalue weighted by Gasteiger charge is 2.35. The first kappa shape index (κ1) is 87.6. The molecule has 0 bridgehead atoms. The van der Waals surface area contributed by atoms with E-state index in [4.69, 9.17) is 96.8 Å². The minimum atomic E-state index is -3.13. The van der Waals surface area contributed by atoms with Gasteiger partial charge in [-0.25, -0.2) is 68.3 Å². The first-order chi connectivity index (χ1) is 55.9. The van der Waals surface area contributed by atoms with Gasteiger partial charge in [-0.15, -0.1) is 0 Å². The summed E-state index contributed by atoms with van der Waals surface area (Å²) in [5.41, 5.74) is 15.5. The van der Waals surface area contributed by atoms with Gasteiger partial charge in [0, 0.05) is 67.2 Å². The van der Waals surface area contributed by atoms with Gasteiger partial charge in [-0.2, -0.15) is 0 Å². The predicted octanol–water partition coefficient (Wildman–Crippen LogP) is 10.5. The maximum Gasteiger partial charge on any atom is 0.333 e. The summed E-state index contributed by atoms with van der Waals surface area (Å²) in [6.07, 6.45) is 3.11. The summed E-state index contributed by atoms with van der Waals surface area (Å²) in [5.74, 6) is -0.473. The van der Waals surface area contributed by atoms with Crippen molar-refractivity contribution < 1.29 is 39.6 Å². The maximum atomic E-state index is 14.0. The van der Waals surface area contributed by atoms with E-state index in [-0.39, 0.29) is 81.4 Å². The molecule has 118 heavy (non-hydrogen) atoms. The number of halogens is 7. The molecule has 6 aromatic carbocycles. The molecule has 0 saturated carbocycles. The molecule has 3 aliphatic rings. The van der Waals surface area contributed by atoms with Gasteiger partial charge in [-0.1, -0.05) is 122 Å². The molecule has 30 nitrogen and oxygen atoms in total. The number of sulfone groups is 3. The number of fused-ring (bicyclic) bond motifs is 3. The molecule has 12 aromatic rings. The Hall–Kier alpha value is -9.75. The summed E-state index contributed by atoms with van der Waals surface area (Å²) in [5, 5.41) is 3.58. The van der Waals surface area contributed by atoms with E-state index in [2.05, 4.69) is 25.9 Å². The number of aromatic amines is 1. The Kier molecular flexibility index (Phi) is 26.8. The van der Waals surface area contributed by atoms with Crippen molar-refractivity contribution in [1.82, 2.24) is 56.5 Å². The molecule has 1 unspecified atom stereocenters. The minimum Gasteiger partial charge on any atom is -0.368 e. The van der Waals surface area contributed by atoms with Gasteiger partial charge in [0.15, 0.2) is 33.5 Å². The topological polar surface area (TPSA) is 428 Å². The van der Waals surface area contributed by atoms with Crippen molar-refractivity contribution in [2.75, 3.05) is 39.8 Å². The van der Waals surface area contributed by atoms with Gasteiger partial charge in [0.1, 0.15) is 65.1 Å². The fourth-order valence-electron chi connectivity index (χ4n) is 14.1. The lowest BCUT2D eigenvalue weighted by Crippen LogP contribution is -2.46. The number of nitrogens with two attached hydrogens (primary N) is 3. The molecule has 40 heteroatoms. The number of hydrogen-bond acceptors (Lipinski definition) is 18. The van der Waals surface area contributed by atoms with Crippen LogP contribution in [-0.2, 0) is 57.0 Å². The van der Waals surface area contributed by atoms with Gasteiger partial charge < -0.3 is 17.2 Å². The normalized spacial score (nSPS) is 16.2. The number of alkyl halides is 1. The van der Waals surface area contributed by atoms with Crippen molar-refractivity contribution >= 4 is 166 Å². The second kappa shape index (κ2) is 36.1. The van der Waals surface area contributed by atoms with Crippen LogP contribution in [0.15, 0.2) is 174 Å². The molecule has 3 fully saturated rings. The quantitative estimate of drug-likeness (QED) is 0.0615. The van der Waals surface area contributed by atoms with Gasteiger partial charge in [0.25, 0.3) is 16.7 Å². The molecule has 0 aliphatic carbocycles. The van der Waals surface area contributed by atoms with E-state index in [9.17, 15) is 68.4 Å².